The van der Waals surface area contributed by atoms with Gasteiger partial charge in [0.15, 0.2) is 5.65 Å². The fourth-order valence-corrected chi connectivity index (χ4v) is 1.86. The van der Waals surface area contributed by atoms with Crippen LogP contribution in [-0.4, -0.2) is 20.2 Å². The molecule has 0 aliphatic heterocycles. The zero-order chi connectivity index (χ0) is 15.4. The topological polar surface area (TPSA) is 86.5 Å². The number of aryl methyl sites for hydroxylation is 2. The van der Waals surface area contributed by atoms with E-state index in [-0.39, 0.29) is 5.56 Å². The number of benzene rings is 1. The summed E-state index contributed by atoms with van der Waals surface area (Å²) in [5.41, 5.74) is 3.52. The molecule has 0 bridgehead atoms. The zero-order valence-corrected chi connectivity index (χ0v) is 12.6. The van der Waals surface area contributed by atoms with Crippen LogP contribution in [0.3, 0.4) is 0 Å². The average molecular weight is 285 g/mol. The average Bonchev–Trinajstić information content (AvgIpc) is 2.94. The van der Waals surface area contributed by atoms with Crippen LogP contribution in [0, 0.1) is 13.8 Å². The molecule has 0 aliphatic carbocycles. The molecule has 0 unspecified atom stereocenters. The fourth-order valence-electron chi connectivity index (χ4n) is 1.86. The molecule has 0 radical (unpaired) electrons. The van der Waals surface area contributed by atoms with Crippen LogP contribution in [0.5, 0.6) is 0 Å². The largest absolute Gasteiger partial charge is 0.326 e. The Morgan fingerprint density at radius 2 is 1.90 bits per heavy atom. The predicted octanol–water partition coefficient (Wildman–Crippen LogP) is 3.03. The lowest BCUT2D eigenvalue weighted by molar-refractivity contribution is 1.09. The minimum absolute atomic E-state index is 0.218. The summed E-state index contributed by atoms with van der Waals surface area (Å²) in [5.74, 6) is 0.394. The molecular weight excluding hydrogens is 266 g/mol. The number of aromatic amines is 2. The Bertz CT molecular complexity index is 803. The van der Waals surface area contributed by atoms with Gasteiger partial charge in [0.1, 0.15) is 5.39 Å². The Kier molecular flexibility index (Phi) is 4.37. The van der Waals surface area contributed by atoms with Crippen LogP contribution in [0.1, 0.15) is 25.0 Å². The van der Waals surface area contributed by atoms with Gasteiger partial charge in [-0.2, -0.15) is 10.1 Å². The van der Waals surface area contributed by atoms with Crippen molar-refractivity contribution in [2.45, 2.75) is 27.7 Å². The first-order chi connectivity index (χ1) is 10.1. The van der Waals surface area contributed by atoms with Crippen LogP contribution in [-0.2, 0) is 0 Å². The molecule has 0 saturated carbocycles. The number of fused-ring (bicyclic) bond motifs is 1. The SMILES string of the molecule is CC.Cc1ccc(Nc2nc3[nH]ncc3c(=O)[nH]2)cc1C. The number of rotatable bonds is 2. The Labute approximate surface area is 122 Å². The maximum absolute atomic E-state index is 11.8. The molecule has 110 valence electrons. The van der Waals surface area contributed by atoms with Crippen molar-refractivity contribution in [1.29, 1.82) is 0 Å². The van der Waals surface area contributed by atoms with Crippen molar-refractivity contribution in [3.63, 3.8) is 0 Å². The number of hydrogen-bond donors (Lipinski definition) is 3. The number of anilines is 2. The van der Waals surface area contributed by atoms with Crippen LogP contribution in [0.4, 0.5) is 11.6 Å². The third-order valence-electron chi connectivity index (χ3n) is 3.09. The molecule has 0 atom stereocenters. The van der Waals surface area contributed by atoms with Crippen LogP contribution in [0.25, 0.3) is 11.0 Å². The second-order valence-corrected chi connectivity index (χ2v) is 4.47. The number of hydrogen-bond acceptors (Lipinski definition) is 4. The lowest BCUT2D eigenvalue weighted by atomic mass is 10.1. The summed E-state index contributed by atoms with van der Waals surface area (Å²) in [6.07, 6.45) is 1.46. The molecule has 2 heterocycles. The molecule has 3 rings (SSSR count). The van der Waals surface area contributed by atoms with E-state index >= 15 is 0 Å². The van der Waals surface area contributed by atoms with Gasteiger partial charge in [0, 0.05) is 5.69 Å². The Balaban J connectivity index is 0.000000774. The van der Waals surface area contributed by atoms with E-state index in [1.54, 1.807) is 0 Å². The van der Waals surface area contributed by atoms with Gasteiger partial charge in [0.05, 0.1) is 6.20 Å². The second-order valence-electron chi connectivity index (χ2n) is 4.47. The highest BCUT2D eigenvalue weighted by Crippen LogP contribution is 2.17. The summed E-state index contributed by atoms with van der Waals surface area (Å²) in [4.78, 5) is 18.7. The summed E-state index contributed by atoms with van der Waals surface area (Å²) in [5, 5.41) is 10.0. The molecule has 3 N–H and O–H groups in total. The minimum Gasteiger partial charge on any atom is -0.326 e. The molecular formula is C15H19N5O. The molecule has 0 saturated heterocycles. The zero-order valence-electron chi connectivity index (χ0n) is 12.6. The first kappa shape index (κ1) is 14.8. The highest BCUT2D eigenvalue weighted by atomic mass is 16.1. The second kappa shape index (κ2) is 6.21. The highest BCUT2D eigenvalue weighted by molar-refractivity contribution is 5.74. The van der Waals surface area contributed by atoms with Crippen LogP contribution < -0.4 is 10.9 Å². The smallest absolute Gasteiger partial charge is 0.263 e. The van der Waals surface area contributed by atoms with Crippen molar-refractivity contribution in [2.75, 3.05) is 5.32 Å². The number of nitrogens with zero attached hydrogens (tertiary/aromatic N) is 2. The molecule has 0 spiro atoms. The van der Waals surface area contributed by atoms with Crippen molar-refractivity contribution in [1.82, 2.24) is 20.2 Å². The van der Waals surface area contributed by atoms with E-state index in [9.17, 15) is 4.79 Å². The van der Waals surface area contributed by atoms with Gasteiger partial charge in [-0.3, -0.25) is 14.9 Å². The van der Waals surface area contributed by atoms with E-state index in [1.807, 2.05) is 39.0 Å². The minimum atomic E-state index is -0.218. The summed E-state index contributed by atoms with van der Waals surface area (Å²) < 4.78 is 0. The van der Waals surface area contributed by atoms with Gasteiger partial charge in [-0.05, 0) is 37.1 Å². The molecule has 6 nitrogen and oxygen atoms in total. The predicted molar refractivity (Wildman–Crippen MR) is 85.1 cm³/mol. The molecule has 0 amide bonds. The molecule has 3 aromatic rings. The van der Waals surface area contributed by atoms with E-state index in [0.29, 0.717) is 17.0 Å². The first-order valence-electron chi connectivity index (χ1n) is 6.91. The number of H-pyrrole nitrogens is 2. The van der Waals surface area contributed by atoms with Crippen molar-refractivity contribution in [3.8, 4) is 0 Å². The summed E-state index contributed by atoms with van der Waals surface area (Å²) in [6, 6.07) is 5.97. The van der Waals surface area contributed by atoms with Gasteiger partial charge in [-0.25, -0.2) is 0 Å². The third kappa shape index (κ3) is 3.10. The first-order valence-corrected chi connectivity index (χ1v) is 6.91. The van der Waals surface area contributed by atoms with Crippen LogP contribution in [0.15, 0.2) is 29.2 Å². The van der Waals surface area contributed by atoms with Gasteiger partial charge in [-0.15, -0.1) is 0 Å². The molecule has 0 aliphatic rings. The number of aromatic nitrogens is 4. The van der Waals surface area contributed by atoms with E-state index in [4.69, 9.17) is 0 Å². The van der Waals surface area contributed by atoms with Crippen molar-refractivity contribution in [3.05, 3.63) is 45.9 Å². The van der Waals surface area contributed by atoms with E-state index in [0.717, 1.165) is 5.69 Å². The molecule has 0 fully saturated rings. The molecule has 1 aromatic carbocycles. The van der Waals surface area contributed by atoms with E-state index in [1.165, 1.54) is 17.3 Å². The van der Waals surface area contributed by atoms with Gasteiger partial charge in [-0.1, -0.05) is 19.9 Å². The van der Waals surface area contributed by atoms with Crippen LogP contribution in [0.2, 0.25) is 0 Å². The summed E-state index contributed by atoms with van der Waals surface area (Å²) >= 11 is 0. The standard InChI is InChI=1S/C13H13N5O.C2H6/c1-7-3-4-9(5-8(7)2)15-13-16-11-10(6-14-18-11)12(19)17-13;1-2/h3-6H,1-2H3,(H3,14,15,16,17,18,19);1-2H3. The van der Waals surface area contributed by atoms with Crippen LogP contribution >= 0.6 is 0 Å². The van der Waals surface area contributed by atoms with Gasteiger partial charge in [0.2, 0.25) is 5.95 Å². The van der Waals surface area contributed by atoms with Gasteiger partial charge >= 0.3 is 0 Å². The number of nitrogens with one attached hydrogen (secondary N) is 3. The normalized spacial score (nSPS) is 10.1. The van der Waals surface area contributed by atoms with Crippen molar-refractivity contribution >= 4 is 22.7 Å². The van der Waals surface area contributed by atoms with Gasteiger partial charge in [0.25, 0.3) is 5.56 Å². The monoisotopic (exact) mass is 285 g/mol. The molecule has 21 heavy (non-hydrogen) atoms. The van der Waals surface area contributed by atoms with Crippen molar-refractivity contribution < 1.29 is 0 Å². The fraction of sp³-hybridized carbons (Fsp3) is 0.267. The summed E-state index contributed by atoms with van der Waals surface area (Å²) in [7, 11) is 0. The molecule has 6 heteroatoms. The van der Waals surface area contributed by atoms with E-state index in [2.05, 4.69) is 32.4 Å². The Morgan fingerprint density at radius 1 is 1.14 bits per heavy atom. The Morgan fingerprint density at radius 3 is 2.62 bits per heavy atom. The maximum atomic E-state index is 11.8. The summed E-state index contributed by atoms with van der Waals surface area (Å²) in [6.45, 7) is 8.09. The lowest BCUT2D eigenvalue weighted by Gasteiger charge is -2.07. The Hall–Kier alpha value is -2.63. The highest BCUT2D eigenvalue weighted by Gasteiger charge is 2.05. The van der Waals surface area contributed by atoms with Crippen molar-refractivity contribution in [2.24, 2.45) is 0 Å². The third-order valence-corrected chi connectivity index (χ3v) is 3.09. The lowest BCUT2D eigenvalue weighted by Crippen LogP contribution is -2.10. The maximum Gasteiger partial charge on any atom is 0.263 e. The van der Waals surface area contributed by atoms with E-state index < -0.39 is 0 Å². The quantitative estimate of drug-likeness (QED) is 0.675. The molecule has 2 aromatic heterocycles. The van der Waals surface area contributed by atoms with Gasteiger partial charge < -0.3 is 5.32 Å².